The van der Waals surface area contributed by atoms with E-state index >= 15 is 0 Å². The molecule has 1 amide bonds. The van der Waals surface area contributed by atoms with Gasteiger partial charge in [0.05, 0.1) is 6.61 Å². The summed E-state index contributed by atoms with van der Waals surface area (Å²) in [5.74, 6) is -0.616. The van der Waals surface area contributed by atoms with Gasteiger partial charge in [-0.05, 0) is 31.5 Å². The molecule has 27 heavy (non-hydrogen) atoms. The Morgan fingerprint density at radius 2 is 1.78 bits per heavy atom. The molecular weight excluding hydrogens is 346 g/mol. The topological polar surface area (TPSA) is 69.3 Å². The number of epoxide rings is 1. The van der Waals surface area contributed by atoms with Crippen molar-refractivity contribution in [2.45, 2.75) is 44.1 Å². The van der Waals surface area contributed by atoms with Gasteiger partial charge in [-0.15, -0.1) is 0 Å². The molecule has 0 bridgehead atoms. The van der Waals surface area contributed by atoms with Crippen LogP contribution in [0.2, 0.25) is 0 Å². The smallest absolute Gasteiger partial charge is 0.412 e. The minimum atomic E-state index is -0.616. The third kappa shape index (κ3) is 4.30. The van der Waals surface area contributed by atoms with E-state index in [0.717, 1.165) is 5.56 Å². The summed E-state index contributed by atoms with van der Waals surface area (Å²) in [5.41, 5.74) is 1.56. The van der Waals surface area contributed by atoms with Crippen LogP contribution < -0.4 is 5.32 Å². The van der Waals surface area contributed by atoms with E-state index in [1.807, 2.05) is 62.4 Å². The monoisotopic (exact) mass is 369 g/mol. The van der Waals surface area contributed by atoms with E-state index in [1.165, 1.54) is 0 Å². The van der Waals surface area contributed by atoms with Crippen molar-refractivity contribution in [1.29, 1.82) is 0 Å². The van der Waals surface area contributed by atoms with Crippen molar-refractivity contribution in [2.24, 2.45) is 0 Å². The average molecular weight is 369 g/mol. The highest BCUT2D eigenvalue weighted by Gasteiger charge is 2.55. The van der Waals surface area contributed by atoms with E-state index in [9.17, 15) is 4.79 Å². The number of amides is 1. The normalized spacial score (nSPS) is 27.0. The molecule has 0 radical (unpaired) electrons. The Morgan fingerprint density at radius 1 is 1.11 bits per heavy atom. The number of para-hydroxylation sites is 1. The molecule has 0 saturated carbocycles. The van der Waals surface area contributed by atoms with Crippen molar-refractivity contribution in [3.8, 4) is 0 Å². The molecule has 142 valence electrons. The number of carbonyl (C=O) groups is 1. The first-order valence-electron chi connectivity index (χ1n) is 9.07. The number of benzene rings is 2. The van der Waals surface area contributed by atoms with Gasteiger partial charge in [0.1, 0.15) is 18.3 Å². The first kappa shape index (κ1) is 18.0. The number of carbonyl (C=O) groups excluding carboxylic acids is 1. The highest BCUT2D eigenvalue weighted by Crippen LogP contribution is 2.42. The summed E-state index contributed by atoms with van der Waals surface area (Å²) < 4.78 is 23.1. The second kappa shape index (κ2) is 7.31. The van der Waals surface area contributed by atoms with E-state index in [-0.39, 0.29) is 18.3 Å². The molecule has 0 aliphatic carbocycles. The fourth-order valence-electron chi connectivity index (χ4n) is 3.31. The molecule has 2 heterocycles. The number of nitrogens with one attached hydrogen (secondary N) is 1. The van der Waals surface area contributed by atoms with Gasteiger partial charge < -0.3 is 18.9 Å². The summed E-state index contributed by atoms with van der Waals surface area (Å²) in [4.78, 5) is 12.4. The highest BCUT2D eigenvalue weighted by molar-refractivity contribution is 5.84. The molecule has 2 aromatic rings. The molecule has 2 saturated heterocycles. The van der Waals surface area contributed by atoms with Gasteiger partial charge in [0.2, 0.25) is 0 Å². The molecular formula is C21H23NO5. The number of hydrogen-bond acceptors (Lipinski definition) is 5. The quantitative estimate of drug-likeness (QED) is 0.810. The fraction of sp³-hybridized carbons (Fsp3) is 0.381. The minimum Gasteiger partial charge on any atom is -0.438 e. The molecule has 6 nitrogen and oxygen atoms in total. The predicted molar refractivity (Wildman–Crippen MR) is 99.3 cm³/mol. The van der Waals surface area contributed by atoms with Crippen LogP contribution in [0, 0.1) is 0 Å². The molecule has 0 spiro atoms. The van der Waals surface area contributed by atoms with E-state index in [4.69, 9.17) is 18.9 Å². The Labute approximate surface area is 158 Å². The van der Waals surface area contributed by atoms with Gasteiger partial charge in [0.15, 0.2) is 11.9 Å². The van der Waals surface area contributed by atoms with Crippen LogP contribution in [0.25, 0.3) is 0 Å². The Bertz CT molecular complexity index is 780. The van der Waals surface area contributed by atoms with Gasteiger partial charge in [-0.3, -0.25) is 5.32 Å². The second-order valence-corrected chi connectivity index (χ2v) is 7.16. The zero-order chi connectivity index (χ0) is 18.9. The number of hydrogen-bond donors (Lipinski definition) is 1. The summed E-state index contributed by atoms with van der Waals surface area (Å²) in [5, 5.41) is 2.75. The molecule has 2 aromatic carbocycles. The van der Waals surface area contributed by atoms with Crippen molar-refractivity contribution < 1.29 is 23.7 Å². The minimum absolute atomic E-state index is 0.165. The third-order valence-electron chi connectivity index (χ3n) is 4.64. The highest BCUT2D eigenvalue weighted by atomic mass is 16.8. The summed E-state index contributed by atoms with van der Waals surface area (Å²) in [6.45, 7) is 4.22. The van der Waals surface area contributed by atoms with Crippen molar-refractivity contribution in [1.82, 2.24) is 0 Å². The van der Waals surface area contributed by atoms with Crippen LogP contribution in [0.15, 0.2) is 60.7 Å². The van der Waals surface area contributed by atoms with Crippen LogP contribution >= 0.6 is 0 Å². The van der Waals surface area contributed by atoms with Crippen LogP contribution in [0.4, 0.5) is 10.5 Å². The molecule has 1 N–H and O–H groups in total. The zero-order valence-corrected chi connectivity index (χ0v) is 15.3. The van der Waals surface area contributed by atoms with Crippen molar-refractivity contribution in [2.75, 3.05) is 11.9 Å². The molecule has 4 rings (SSSR count). The Balaban J connectivity index is 1.45. The van der Waals surface area contributed by atoms with E-state index in [0.29, 0.717) is 12.3 Å². The standard InChI is InChI=1S/C21H23NO5/c1-21(2)24-13-16(27-21)18-19(25-18)17(14-9-5-3-6-10-14)26-20(23)22-15-11-7-4-8-12-15/h3-12,16-19H,13H2,1-2H3,(H,22,23)/t16-,17+,18-,19+/m1/s1. The number of anilines is 1. The van der Waals surface area contributed by atoms with Gasteiger partial charge >= 0.3 is 6.09 Å². The lowest BCUT2D eigenvalue weighted by molar-refractivity contribution is -0.140. The lowest BCUT2D eigenvalue weighted by Crippen LogP contribution is -2.28. The lowest BCUT2D eigenvalue weighted by Gasteiger charge is -2.18. The maximum Gasteiger partial charge on any atom is 0.412 e. The molecule has 0 unspecified atom stereocenters. The molecule has 2 aliphatic heterocycles. The third-order valence-corrected chi connectivity index (χ3v) is 4.64. The van der Waals surface area contributed by atoms with Gasteiger partial charge in [-0.25, -0.2) is 4.79 Å². The van der Waals surface area contributed by atoms with E-state index < -0.39 is 18.0 Å². The lowest BCUT2D eigenvalue weighted by atomic mass is 10.0. The molecule has 0 aromatic heterocycles. The Morgan fingerprint density at radius 3 is 2.41 bits per heavy atom. The maximum absolute atomic E-state index is 12.4. The summed E-state index contributed by atoms with van der Waals surface area (Å²) >= 11 is 0. The molecule has 2 fully saturated rings. The van der Waals surface area contributed by atoms with E-state index in [2.05, 4.69) is 5.32 Å². The summed E-state index contributed by atoms with van der Waals surface area (Å²) in [6, 6.07) is 18.8. The van der Waals surface area contributed by atoms with Crippen molar-refractivity contribution in [3.05, 3.63) is 66.2 Å². The summed E-state index contributed by atoms with van der Waals surface area (Å²) in [6.07, 6.45) is -1.64. The Kier molecular flexibility index (Phi) is 4.86. The van der Waals surface area contributed by atoms with Crippen LogP contribution in [0.1, 0.15) is 25.5 Å². The van der Waals surface area contributed by atoms with Gasteiger partial charge in [0.25, 0.3) is 0 Å². The molecule has 4 atom stereocenters. The van der Waals surface area contributed by atoms with Gasteiger partial charge in [0, 0.05) is 5.69 Å². The van der Waals surface area contributed by atoms with Gasteiger partial charge in [-0.1, -0.05) is 48.5 Å². The maximum atomic E-state index is 12.4. The zero-order valence-electron chi connectivity index (χ0n) is 15.3. The second-order valence-electron chi connectivity index (χ2n) is 7.16. The Hall–Kier alpha value is -2.41. The van der Waals surface area contributed by atoms with Crippen LogP contribution in [0.3, 0.4) is 0 Å². The number of rotatable bonds is 5. The molecule has 2 aliphatic rings. The predicted octanol–water partition coefficient (Wildman–Crippen LogP) is 3.90. The van der Waals surface area contributed by atoms with Crippen LogP contribution in [-0.4, -0.2) is 36.8 Å². The largest absolute Gasteiger partial charge is 0.438 e. The number of ether oxygens (including phenoxy) is 4. The fourth-order valence-corrected chi connectivity index (χ4v) is 3.31. The average Bonchev–Trinajstić information content (AvgIpc) is 3.37. The van der Waals surface area contributed by atoms with Crippen LogP contribution in [0.5, 0.6) is 0 Å². The first-order chi connectivity index (χ1) is 13.0. The van der Waals surface area contributed by atoms with E-state index in [1.54, 1.807) is 12.1 Å². The molecule has 6 heteroatoms. The van der Waals surface area contributed by atoms with Crippen LogP contribution in [-0.2, 0) is 18.9 Å². The van der Waals surface area contributed by atoms with Crippen molar-refractivity contribution in [3.63, 3.8) is 0 Å². The van der Waals surface area contributed by atoms with Gasteiger partial charge in [-0.2, -0.15) is 0 Å². The first-order valence-corrected chi connectivity index (χ1v) is 9.07. The summed E-state index contributed by atoms with van der Waals surface area (Å²) in [7, 11) is 0. The van der Waals surface area contributed by atoms with Crippen molar-refractivity contribution >= 4 is 11.8 Å². The SMILES string of the molecule is CC1(C)OC[C@H]([C@H]2O[C@H]2[C@@H](OC(=O)Nc2ccccc2)c2ccccc2)O1.